The van der Waals surface area contributed by atoms with Crippen molar-refractivity contribution in [3.8, 4) is 12.3 Å². The molecule has 4 heteroatoms. The normalized spacial score (nSPS) is 19.7. The number of aromatic nitrogens is 1. The van der Waals surface area contributed by atoms with Gasteiger partial charge in [-0.05, 0) is 37.9 Å². The summed E-state index contributed by atoms with van der Waals surface area (Å²) in [6, 6.07) is 3.62. The van der Waals surface area contributed by atoms with Crippen molar-refractivity contribution < 1.29 is 4.79 Å². The predicted molar refractivity (Wildman–Crippen MR) is 75.6 cm³/mol. The summed E-state index contributed by atoms with van der Waals surface area (Å²) in [6.07, 6.45) is 10.1. The summed E-state index contributed by atoms with van der Waals surface area (Å²) in [5.74, 6) is 3.21. The van der Waals surface area contributed by atoms with Gasteiger partial charge in [-0.3, -0.25) is 9.69 Å². The highest BCUT2D eigenvalue weighted by atomic mass is 16.2. The van der Waals surface area contributed by atoms with E-state index in [9.17, 15) is 4.79 Å². The maximum Gasteiger partial charge on any atom is 0.242 e. The Morgan fingerprint density at radius 3 is 3.11 bits per heavy atom. The molecule has 1 aliphatic heterocycles. The van der Waals surface area contributed by atoms with Crippen LogP contribution in [0.15, 0.2) is 18.3 Å². The van der Waals surface area contributed by atoms with Crippen LogP contribution in [0.2, 0.25) is 0 Å². The van der Waals surface area contributed by atoms with Gasteiger partial charge >= 0.3 is 0 Å². The third kappa shape index (κ3) is 3.55. The van der Waals surface area contributed by atoms with Gasteiger partial charge < -0.3 is 5.32 Å². The number of terminal acetylenes is 1. The number of rotatable bonds is 3. The fourth-order valence-corrected chi connectivity index (χ4v) is 2.35. The molecule has 1 aromatic rings. The van der Waals surface area contributed by atoms with Crippen LogP contribution in [0.1, 0.15) is 24.8 Å². The van der Waals surface area contributed by atoms with Crippen molar-refractivity contribution in [2.24, 2.45) is 0 Å². The van der Waals surface area contributed by atoms with Crippen molar-refractivity contribution in [1.29, 1.82) is 0 Å². The molecule has 1 N–H and O–H groups in total. The molecular formula is C15H19N3O. The molecule has 0 aromatic carbocycles. The Bertz CT molecular complexity index is 475. The Labute approximate surface area is 114 Å². The zero-order valence-electron chi connectivity index (χ0n) is 11.2. The summed E-state index contributed by atoms with van der Waals surface area (Å²) in [5, 5.41) is 2.87. The smallest absolute Gasteiger partial charge is 0.242 e. The van der Waals surface area contributed by atoms with Crippen molar-refractivity contribution in [2.45, 2.75) is 32.2 Å². The fraction of sp³-hybridized carbons (Fsp3) is 0.467. The molecule has 1 aromatic heterocycles. The van der Waals surface area contributed by atoms with Crippen molar-refractivity contribution in [3.63, 3.8) is 0 Å². The van der Waals surface area contributed by atoms with Gasteiger partial charge in [-0.25, -0.2) is 4.98 Å². The lowest BCUT2D eigenvalue weighted by Gasteiger charge is -2.32. The SMILES string of the molecule is C#CCN1CCCCC1C(=O)Nc1ccc(C)cn1. The van der Waals surface area contributed by atoms with Crippen molar-refractivity contribution in [1.82, 2.24) is 9.88 Å². The Hall–Kier alpha value is -1.86. The summed E-state index contributed by atoms with van der Waals surface area (Å²) < 4.78 is 0. The Kier molecular flexibility index (Phi) is 4.53. The molecule has 0 saturated carbocycles. The Morgan fingerprint density at radius 1 is 1.58 bits per heavy atom. The summed E-state index contributed by atoms with van der Waals surface area (Å²) >= 11 is 0. The molecule has 0 spiro atoms. The number of piperidine rings is 1. The summed E-state index contributed by atoms with van der Waals surface area (Å²) in [7, 11) is 0. The second kappa shape index (κ2) is 6.35. The highest BCUT2D eigenvalue weighted by Gasteiger charge is 2.28. The number of nitrogens with one attached hydrogen (secondary N) is 1. The summed E-state index contributed by atoms with van der Waals surface area (Å²) in [5.41, 5.74) is 1.07. The molecule has 19 heavy (non-hydrogen) atoms. The topological polar surface area (TPSA) is 45.2 Å². The zero-order valence-corrected chi connectivity index (χ0v) is 11.2. The molecule has 2 rings (SSSR count). The second-order valence-corrected chi connectivity index (χ2v) is 4.90. The number of nitrogens with zero attached hydrogens (tertiary/aromatic N) is 2. The first-order valence-electron chi connectivity index (χ1n) is 6.62. The molecule has 100 valence electrons. The number of likely N-dealkylation sites (tertiary alicyclic amines) is 1. The van der Waals surface area contributed by atoms with Gasteiger partial charge in [0.1, 0.15) is 5.82 Å². The van der Waals surface area contributed by atoms with Gasteiger partial charge in [-0.1, -0.05) is 18.4 Å². The molecule has 1 fully saturated rings. The van der Waals surface area contributed by atoms with Gasteiger partial charge in [0.15, 0.2) is 0 Å². The molecule has 1 aliphatic rings. The van der Waals surface area contributed by atoms with Crippen LogP contribution in [0.25, 0.3) is 0 Å². The molecule has 0 bridgehead atoms. The molecule has 1 amide bonds. The maximum absolute atomic E-state index is 12.3. The van der Waals surface area contributed by atoms with Crippen molar-refractivity contribution in [2.75, 3.05) is 18.4 Å². The van der Waals surface area contributed by atoms with Gasteiger partial charge in [0.2, 0.25) is 5.91 Å². The van der Waals surface area contributed by atoms with E-state index >= 15 is 0 Å². The predicted octanol–water partition coefficient (Wildman–Crippen LogP) is 1.82. The van der Waals surface area contributed by atoms with Crippen molar-refractivity contribution >= 4 is 11.7 Å². The lowest BCUT2D eigenvalue weighted by atomic mass is 10.0. The maximum atomic E-state index is 12.3. The number of carbonyl (C=O) groups excluding carboxylic acids is 1. The van der Waals surface area contributed by atoms with Crippen LogP contribution < -0.4 is 5.32 Å². The summed E-state index contributed by atoms with van der Waals surface area (Å²) in [6.45, 7) is 3.39. The van der Waals surface area contributed by atoms with Gasteiger partial charge in [0, 0.05) is 6.20 Å². The number of hydrogen-bond acceptors (Lipinski definition) is 3. The lowest BCUT2D eigenvalue weighted by molar-refractivity contribution is -0.122. The van der Waals surface area contributed by atoms with E-state index in [1.54, 1.807) is 6.20 Å². The molecule has 1 unspecified atom stereocenters. The standard InChI is InChI=1S/C15H19N3O/c1-3-9-18-10-5-4-6-13(18)15(19)17-14-8-7-12(2)11-16-14/h1,7-8,11,13H,4-6,9-10H2,2H3,(H,16,17,19). The van der Waals surface area contributed by atoms with E-state index in [1.807, 2.05) is 19.1 Å². The quantitative estimate of drug-likeness (QED) is 0.840. The minimum atomic E-state index is -0.132. The van der Waals surface area contributed by atoms with E-state index in [0.29, 0.717) is 12.4 Å². The van der Waals surface area contributed by atoms with Crippen LogP contribution >= 0.6 is 0 Å². The first-order chi connectivity index (χ1) is 9.20. The fourth-order valence-electron chi connectivity index (χ4n) is 2.35. The Balaban J connectivity index is 2.01. The zero-order chi connectivity index (χ0) is 13.7. The highest BCUT2D eigenvalue weighted by molar-refractivity contribution is 5.94. The second-order valence-electron chi connectivity index (χ2n) is 4.90. The van der Waals surface area contributed by atoms with E-state index < -0.39 is 0 Å². The molecular weight excluding hydrogens is 238 g/mol. The van der Waals surface area contributed by atoms with E-state index in [1.165, 1.54) is 0 Å². The largest absolute Gasteiger partial charge is 0.309 e. The van der Waals surface area contributed by atoms with Gasteiger partial charge in [-0.2, -0.15) is 0 Å². The number of anilines is 1. The van der Waals surface area contributed by atoms with E-state index in [0.717, 1.165) is 31.4 Å². The molecule has 1 atom stereocenters. The summed E-state index contributed by atoms with van der Waals surface area (Å²) in [4.78, 5) is 18.5. The average molecular weight is 257 g/mol. The van der Waals surface area contributed by atoms with Crippen LogP contribution in [0.5, 0.6) is 0 Å². The number of amides is 1. The number of hydrogen-bond donors (Lipinski definition) is 1. The number of aryl methyl sites for hydroxylation is 1. The van der Waals surface area contributed by atoms with Gasteiger partial charge in [0.05, 0.1) is 12.6 Å². The number of pyridine rings is 1. The van der Waals surface area contributed by atoms with Crippen LogP contribution in [-0.4, -0.2) is 34.9 Å². The van der Waals surface area contributed by atoms with Gasteiger partial charge in [0.25, 0.3) is 0 Å². The first-order valence-corrected chi connectivity index (χ1v) is 6.62. The monoisotopic (exact) mass is 257 g/mol. The molecule has 0 aliphatic carbocycles. The van der Waals surface area contributed by atoms with Gasteiger partial charge in [-0.15, -0.1) is 6.42 Å². The highest BCUT2D eigenvalue weighted by Crippen LogP contribution is 2.18. The number of carbonyl (C=O) groups is 1. The lowest BCUT2D eigenvalue weighted by Crippen LogP contribution is -2.47. The molecule has 1 saturated heterocycles. The van der Waals surface area contributed by atoms with Crippen LogP contribution in [0.3, 0.4) is 0 Å². The van der Waals surface area contributed by atoms with Crippen molar-refractivity contribution in [3.05, 3.63) is 23.9 Å². The van der Waals surface area contributed by atoms with E-state index in [4.69, 9.17) is 6.42 Å². The van der Waals surface area contributed by atoms with E-state index in [-0.39, 0.29) is 11.9 Å². The molecule has 2 heterocycles. The Morgan fingerprint density at radius 2 is 2.42 bits per heavy atom. The third-order valence-electron chi connectivity index (χ3n) is 3.37. The third-order valence-corrected chi connectivity index (χ3v) is 3.37. The van der Waals surface area contributed by atoms with Crippen LogP contribution in [-0.2, 0) is 4.79 Å². The van der Waals surface area contributed by atoms with Crippen LogP contribution in [0.4, 0.5) is 5.82 Å². The van der Waals surface area contributed by atoms with E-state index in [2.05, 4.69) is 21.1 Å². The minimum Gasteiger partial charge on any atom is -0.309 e. The molecule has 0 radical (unpaired) electrons. The minimum absolute atomic E-state index is 0.00805. The first kappa shape index (κ1) is 13.6. The van der Waals surface area contributed by atoms with Crippen LogP contribution in [0, 0.1) is 19.3 Å². The average Bonchev–Trinajstić information content (AvgIpc) is 2.42. The molecule has 4 nitrogen and oxygen atoms in total.